The highest BCUT2D eigenvalue weighted by Gasteiger charge is 2.78. The molecular weight excluding hydrogens is 766 g/mol. The van der Waals surface area contributed by atoms with Crippen LogP contribution in [0.4, 0.5) is 0 Å². The lowest BCUT2D eigenvalue weighted by Gasteiger charge is -2.67. The summed E-state index contributed by atoms with van der Waals surface area (Å²) < 4.78 is 30.2. The Morgan fingerprint density at radius 3 is 2.12 bits per heavy atom. The van der Waals surface area contributed by atoms with Gasteiger partial charge in [0.15, 0.2) is 23.6 Å². The highest BCUT2D eigenvalue weighted by atomic mass is 16.6. The Bertz CT molecular complexity index is 2020. The van der Waals surface area contributed by atoms with Crippen LogP contribution in [0.5, 0.6) is 0 Å². The average molecular weight is 820 g/mol. The van der Waals surface area contributed by atoms with Gasteiger partial charge in [-0.25, -0.2) is 9.59 Å². The fourth-order valence-electron chi connectivity index (χ4n) is 9.84. The Morgan fingerprint density at radius 2 is 1.56 bits per heavy atom. The predicted octanol–water partition coefficient (Wildman–Crippen LogP) is 3.22. The van der Waals surface area contributed by atoms with Gasteiger partial charge in [0.25, 0.3) is 0 Å². The van der Waals surface area contributed by atoms with Gasteiger partial charge in [0, 0.05) is 38.5 Å². The Balaban J connectivity index is 1.55. The molecule has 0 spiro atoms. The van der Waals surface area contributed by atoms with E-state index in [0.717, 1.165) is 13.8 Å². The van der Waals surface area contributed by atoms with Crippen LogP contribution in [0, 0.1) is 16.7 Å². The third-order valence-corrected chi connectivity index (χ3v) is 13.0. The molecule has 2 saturated carbocycles. The zero-order chi connectivity index (χ0) is 43.2. The van der Waals surface area contributed by atoms with Crippen molar-refractivity contribution in [3.8, 4) is 0 Å². The van der Waals surface area contributed by atoms with Crippen molar-refractivity contribution in [2.75, 3.05) is 6.61 Å². The molecule has 3 fully saturated rings. The van der Waals surface area contributed by atoms with E-state index in [2.05, 4.69) is 5.32 Å². The predicted molar refractivity (Wildman–Crippen MR) is 207 cm³/mol. The molecular formula is C44H53NO14. The number of amides is 1. The Hall–Kier alpha value is -4.96. The highest BCUT2D eigenvalue weighted by Crippen LogP contribution is 2.64. The summed E-state index contributed by atoms with van der Waals surface area (Å²) in [7, 11) is 0. The van der Waals surface area contributed by atoms with Gasteiger partial charge in [0.1, 0.15) is 23.9 Å². The standard InChI is InChI=1S/C44H53NO14/c1-8-15-31(49)45-33(26-16-11-9-12-17-26)34(50)40(53)57-28-21-44(54)38(58-39(52)27-18-13-10-14-19-27)36-42(7,29(48)20-30-43(36,22-55-30)59-25(4)47)37(51)35(56-24(3)46)32(23(28)2)41(44,5)6/h9-14,16-19,28-30,33-36,38,48,50,54H,8,15,20-22H2,1-7H3,(H,45,49)/t28-,29-,30-,33-,34-,35-,36+,38-,42+,43-,44+/m0/s1. The Kier molecular flexibility index (Phi) is 12.0. The van der Waals surface area contributed by atoms with Gasteiger partial charge < -0.3 is 44.3 Å². The SMILES string of the molecule is CCCC(=O)N[C@@H](c1ccccc1)[C@H](O)C(=O)O[C@H]1C[C@@]2(O)[C@@H](OC(=O)c3ccccc3)[C@H]3[C@]4(OC(C)=O)CO[C@H]4C[C@H](O)[C@@]3(C)C(=O)[C@@H](OC(C)=O)C(=C1C)C2(C)C. The minimum absolute atomic E-state index is 0.00996. The molecule has 4 aliphatic rings. The van der Waals surface area contributed by atoms with Crippen LogP contribution >= 0.6 is 0 Å². The number of aliphatic hydroxyl groups is 3. The number of hydrogen-bond donors (Lipinski definition) is 4. The number of ketones is 1. The largest absolute Gasteiger partial charge is 0.456 e. The summed E-state index contributed by atoms with van der Waals surface area (Å²) in [6.45, 7) is 9.81. The van der Waals surface area contributed by atoms with Gasteiger partial charge in [-0.1, -0.05) is 69.3 Å². The third-order valence-electron chi connectivity index (χ3n) is 13.0. The molecule has 6 rings (SSSR count). The summed E-state index contributed by atoms with van der Waals surface area (Å²) in [6.07, 6.45) is -9.72. The minimum Gasteiger partial charge on any atom is -0.456 e. The van der Waals surface area contributed by atoms with Crippen molar-refractivity contribution in [3.63, 3.8) is 0 Å². The summed E-state index contributed by atoms with van der Waals surface area (Å²) in [5, 5.41) is 39.9. The summed E-state index contributed by atoms with van der Waals surface area (Å²) in [4.78, 5) is 82.5. The van der Waals surface area contributed by atoms with E-state index in [1.807, 2.05) is 0 Å². The molecule has 1 aliphatic heterocycles. The summed E-state index contributed by atoms with van der Waals surface area (Å²) in [5.74, 6) is -6.60. The quantitative estimate of drug-likeness (QED) is 0.145. The number of fused-ring (bicyclic) bond motifs is 5. The molecule has 2 aromatic rings. The van der Waals surface area contributed by atoms with Crippen molar-refractivity contribution >= 4 is 35.6 Å². The lowest BCUT2D eigenvalue weighted by Crippen LogP contribution is -2.82. The molecule has 2 bridgehead atoms. The Morgan fingerprint density at radius 1 is 0.932 bits per heavy atom. The molecule has 1 saturated heterocycles. The maximum absolute atomic E-state index is 15.4. The number of carbonyl (C=O) groups is 6. The van der Waals surface area contributed by atoms with E-state index < -0.39 is 113 Å². The zero-order valence-electron chi connectivity index (χ0n) is 34.3. The number of ether oxygens (including phenoxy) is 5. The molecule has 3 aliphatic carbocycles. The molecule has 1 amide bonds. The van der Waals surface area contributed by atoms with Crippen molar-refractivity contribution in [3.05, 3.63) is 82.9 Å². The van der Waals surface area contributed by atoms with Crippen LogP contribution in [0.2, 0.25) is 0 Å². The van der Waals surface area contributed by atoms with Gasteiger partial charge in [-0.3, -0.25) is 19.2 Å². The van der Waals surface area contributed by atoms with Crippen molar-refractivity contribution < 1.29 is 67.8 Å². The van der Waals surface area contributed by atoms with Gasteiger partial charge >= 0.3 is 23.9 Å². The van der Waals surface area contributed by atoms with E-state index in [1.54, 1.807) is 69.3 Å². The summed E-state index contributed by atoms with van der Waals surface area (Å²) in [5.41, 5.74) is -7.13. The van der Waals surface area contributed by atoms with E-state index in [0.29, 0.717) is 12.0 Å². The second-order valence-electron chi connectivity index (χ2n) is 16.8. The number of nitrogens with one attached hydrogen (secondary N) is 1. The van der Waals surface area contributed by atoms with Crippen LogP contribution in [0.15, 0.2) is 71.8 Å². The van der Waals surface area contributed by atoms with Gasteiger partial charge in [0.05, 0.1) is 35.6 Å². The van der Waals surface area contributed by atoms with Gasteiger partial charge in [-0.2, -0.15) is 0 Å². The fraction of sp³-hybridized carbons (Fsp3) is 0.545. The van der Waals surface area contributed by atoms with E-state index in [9.17, 15) is 39.3 Å². The van der Waals surface area contributed by atoms with Crippen LogP contribution in [-0.2, 0) is 47.7 Å². The van der Waals surface area contributed by atoms with Crippen LogP contribution in [0.3, 0.4) is 0 Å². The van der Waals surface area contributed by atoms with E-state index in [4.69, 9.17) is 23.7 Å². The molecule has 11 atom stereocenters. The molecule has 4 N–H and O–H groups in total. The lowest BCUT2D eigenvalue weighted by molar-refractivity contribution is -0.346. The number of carbonyl (C=O) groups excluding carboxylic acids is 6. The molecule has 1 heterocycles. The molecule has 2 aromatic carbocycles. The molecule has 15 heteroatoms. The van der Waals surface area contributed by atoms with E-state index >= 15 is 4.79 Å². The number of rotatable bonds is 11. The van der Waals surface area contributed by atoms with Crippen LogP contribution in [0.25, 0.3) is 0 Å². The van der Waals surface area contributed by atoms with Gasteiger partial charge in [-0.05, 0) is 49.1 Å². The van der Waals surface area contributed by atoms with Crippen LogP contribution < -0.4 is 5.32 Å². The molecule has 0 unspecified atom stereocenters. The molecule has 0 aromatic heterocycles. The Labute approximate surface area is 342 Å². The monoisotopic (exact) mass is 819 g/mol. The second-order valence-corrected chi connectivity index (χ2v) is 16.8. The first-order valence-electron chi connectivity index (χ1n) is 19.9. The first kappa shape index (κ1) is 43.6. The number of esters is 4. The highest BCUT2D eigenvalue weighted by molar-refractivity contribution is 5.95. The smallest absolute Gasteiger partial charge is 0.338 e. The summed E-state index contributed by atoms with van der Waals surface area (Å²) in [6, 6.07) is 14.9. The van der Waals surface area contributed by atoms with Gasteiger partial charge in [0.2, 0.25) is 5.91 Å². The van der Waals surface area contributed by atoms with Gasteiger partial charge in [-0.15, -0.1) is 0 Å². The fourth-order valence-corrected chi connectivity index (χ4v) is 9.84. The first-order chi connectivity index (χ1) is 27.7. The van der Waals surface area contributed by atoms with E-state index in [-0.39, 0.29) is 36.2 Å². The number of benzene rings is 2. The molecule has 318 valence electrons. The van der Waals surface area contributed by atoms with E-state index in [1.165, 1.54) is 26.0 Å². The third kappa shape index (κ3) is 7.36. The number of hydrogen-bond acceptors (Lipinski definition) is 14. The molecule has 59 heavy (non-hydrogen) atoms. The van der Waals surface area contributed by atoms with Crippen molar-refractivity contribution in [2.24, 2.45) is 16.7 Å². The first-order valence-corrected chi connectivity index (χ1v) is 19.9. The molecule has 0 radical (unpaired) electrons. The van der Waals surface area contributed by atoms with Crippen LogP contribution in [0.1, 0.15) is 96.1 Å². The summed E-state index contributed by atoms with van der Waals surface area (Å²) >= 11 is 0. The van der Waals surface area contributed by atoms with Crippen molar-refractivity contribution in [1.29, 1.82) is 0 Å². The maximum atomic E-state index is 15.4. The lowest BCUT2D eigenvalue weighted by atomic mass is 9.44. The van der Waals surface area contributed by atoms with Crippen molar-refractivity contribution in [2.45, 2.75) is 128 Å². The normalized spacial score (nSPS) is 32.9. The second kappa shape index (κ2) is 16.2. The molecule has 15 nitrogen and oxygen atoms in total. The number of aliphatic hydroxyl groups excluding tert-OH is 2. The zero-order valence-corrected chi connectivity index (χ0v) is 34.3. The van der Waals surface area contributed by atoms with Crippen molar-refractivity contribution in [1.82, 2.24) is 5.32 Å². The topological polar surface area (TPSA) is 221 Å². The minimum atomic E-state index is -2.37. The number of Topliss-reactive ketones (excluding diaryl/α,β-unsaturated/α-hetero) is 1. The average Bonchev–Trinajstić information content (AvgIpc) is 3.18. The van der Waals surface area contributed by atoms with Crippen LogP contribution in [-0.4, -0.2) is 105 Å². The maximum Gasteiger partial charge on any atom is 0.338 e.